The molecule has 3 N–H and O–H groups in total. The van der Waals surface area contributed by atoms with Crippen LogP contribution in [0, 0.1) is 5.41 Å². The zero-order valence-corrected chi connectivity index (χ0v) is 10.7. The molecule has 1 aliphatic heterocycles. The largest absolute Gasteiger partial charge is 0.492 e. The van der Waals surface area contributed by atoms with Gasteiger partial charge in [-0.1, -0.05) is 18.2 Å². The van der Waals surface area contributed by atoms with Gasteiger partial charge >= 0.3 is 0 Å². The number of nitrogens with two attached hydrogens (primary N) is 1. The average molecular weight is 247 g/mol. The molecule has 0 saturated heterocycles. The lowest BCUT2D eigenvalue weighted by atomic mass is 10.1. The molecule has 4 heteroatoms. The highest BCUT2D eigenvalue weighted by atomic mass is 16.5. The van der Waals surface area contributed by atoms with Gasteiger partial charge in [0, 0.05) is 25.1 Å². The second-order valence-corrected chi connectivity index (χ2v) is 4.71. The van der Waals surface area contributed by atoms with E-state index >= 15 is 0 Å². The monoisotopic (exact) mass is 247 g/mol. The molecule has 0 fully saturated rings. The molecule has 1 heterocycles. The summed E-state index contributed by atoms with van der Waals surface area (Å²) < 4.78 is 5.73. The highest BCUT2D eigenvalue weighted by Gasteiger charge is 2.13. The molecule has 0 bridgehead atoms. The van der Waals surface area contributed by atoms with E-state index in [0.29, 0.717) is 12.3 Å². The standard InChI is InChI=1S/C14H21N3O/c15-14(16)7-3-4-8-17-9-10-18-13-6-2-1-5-12(13)11-17/h1-2,5-6H,3-4,7-11H2,(H3,15,16). The molecule has 18 heavy (non-hydrogen) atoms. The highest BCUT2D eigenvalue weighted by molar-refractivity contribution is 5.76. The lowest BCUT2D eigenvalue weighted by Crippen LogP contribution is -2.27. The Labute approximate surface area is 108 Å². The fraction of sp³-hybridized carbons (Fsp3) is 0.500. The molecule has 0 atom stereocenters. The molecule has 0 aliphatic carbocycles. The van der Waals surface area contributed by atoms with Crippen molar-refractivity contribution >= 4 is 5.84 Å². The number of benzene rings is 1. The Morgan fingerprint density at radius 3 is 3.00 bits per heavy atom. The minimum absolute atomic E-state index is 0.291. The fourth-order valence-corrected chi connectivity index (χ4v) is 2.22. The third-order valence-corrected chi connectivity index (χ3v) is 3.20. The van der Waals surface area contributed by atoms with E-state index in [4.69, 9.17) is 15.9 Å². The molecule has 0 saturated carbocycles. The Balaban J connectivity index is 1.82. The third kappa shape index (κ3) is 3.74. The predicted molar refractivity (Wildman–Crippen MR) is 73.0 cm³/mol. The zero-order valence-electron chi connectivity index (χ0n) is 10.7. The van der Waals surface area contributed by atoms with Crippen molar-refractivity contribution in [3.8, 4) is 5.75 Å². The first-order valence-corrected chi connectivity index (χ1v) is 6.51. The first-order valence-electron chi connectivity index (χ1n) is 6.51. The molecular formula is C14H21N3O. The molecule has 2 rings (SSSR count). The van der Waals surface area contributed by atoms with E-state index in [1.54, 1.807) is 0 Å². The van der Waals surface area contributed by atoms with E-state index in [9.17, 15) is 0 Å². The highest BCUT2D eigenvalue weighted by Crippen LogP contribution is 2.22. The first-order chi connectivity index (χ1) is 8.75. The Morgan fingerprint density at radius 1 is 1.33 bits per heavy atom. The van der Waals surface area contributed by atoms with E-state index in [2.05, 4.69) is 17.0 Å². The van der Waals surface area contributed by atoms with Gasteiger partial charge in [-0.2, -0.15) is 0 Å². The molecule has 0 radical (unpaired) electrons. The molecule has 0 aromatic heterocycles. The number of nitrogens with one attached hydrogen (secondary N) is 1. The van der Waals surface area contributed by atoms with Crippen LogP contribution in [0.1, 0.15) is 24.8 Å². The summed E-state index contributed by atoms with van der Waals surface area (Å²) in [6.07, 6.45) is 2.79. The van der Waals surface area contributed by atoms with Gasteiger partial charge in [-0.15, -0.1) is 0 Å². The lowest BCUT2D eigenvalue weighted by Gasteiger charge is -2.18. The van der Waals surface area contributed by atoms with Crippen molar-refractivity contribution in [2.24, 2.45) is 5.73 Å². The van der Waals surface area contributed by atoms with Crippen molar-refractivity contribution in [2.75, 3.05) is 19.7 Å². The number of nitrogens with zero attached hydrogens (tertiary/aromatic N) is 1. The topological polar surface area (TPSA) is 62.3 Å². The first kappa shape index (κ1) is 12.9. The minimum Gasteiger partial charge on any atom is -0.492 e. The number of hydrogen-bond donors (Lipinski definition) is 2. The molecule has 0 amide bonds. The predicted octanol–water partition coefficient (Wildman–Crippen LogP) is 1.99. The molecule has 1 aliphatic rings. The number of para-hydroxylation sites is 1. The van der Waals surface area contributed by atoms with E-state index in [0.717, 1.165) is 44.8 Å². The van der Waals surface area contributed by atoms with Crippen LogP contribution in [-0.2, 0) is 6.54 Å². The second kappa shape index (κ2) is 6.40. The SMILES string of the molecule is N=C(N)CCCCN1CCOc2ccccc2C1. The van der Waals surface area contributed by atoms with Crippen LogP contribution in [0.3, 0.4) is 0 Å². The molecule has 4 nitrogen and oxygen atoms in total. The van der Waals surface area contributed by atoms with E-state index in [1.807, 2.05) is 12.1 Å². The summed E-state index contributed by atoms with van der Waals surface area (Å²) in [6.45, 7) is 3.72. The summed E-state index contributed by atoms with van der Waals surface area (Å²) in [4.78, 5) is 2.41. The molecular weight excluding hydrogens is 226 g/mol. The van der Waals surface area contributed by atoms with Gasteiger partial charge in [0.2, 0.25) is 0 Å². The smallest absolute Gasteiger partial charge is 0.123 e. The Morgan fingerprint density at radius 2 is 2.17 bits per heavy atom. The number of amidine groups is 1. The summed E-state index contributed by atoms with van der Waals surface area (Å²) in [6, 6.07) is 8.24. The van der Waals surface area contributed by atoms with Crippen molar-refractivity contribution in [1.29, 1.82) is 5.41 Å². The molecule has 1 aromatic carbocycles. The van der Waals surface area contributed by atoms with Crippen molar-refractivity contribution in [3.05, 3.63) is 29.8 Å². The van der Waals surface area contributed by atoms with Gasteiger partial charge in [-0.25, -0.2) is 0 Å². The number of fused-ring (bicyclic) bond motifs is 1. The molecule has 1 aromatic rings. The molecule has 98 valence electrons. The Hall–Kier alpha value is -1.55. The van der Waals surface area contributed by atoms with Crippen molar-refractivity contribution < 1.29 is 4.74 Å². The van der Waals surface area contributed by atoms with Crippen LogP contribution >= 0.6 is 0 Å². The van der Waals surface area contributed by atoms with Gasteiger partial charge in [0.05, 0.1) is 5.84 Å². The van der Waals surface area contributed by atoms with Crippen molar-refractivity contribution in [3.63, 3.8) is 0 Å². The van der Waals surface area contributed by atoms with E-state index < -0.39 is 0 Å². The zero-order chi connectivity index (χ0) is 12.8. The van der Waals surface area contributed by atoms with E-state index in [-0.39, 0.29) is 0 Å². The van der Waals surface area contributed by atoms with Gasteiger partial charge in [-0.05, 0) is 25.5 Å². The third-order valence-electron chi connectivity index (χ3n) is 3.20. The molecule has 0 spiro atoms. The summed E-state index contributed by atoms with van der Waals surface area (Å²) in [5.74, 6) is 1.31. The van der Waals surface area contributed by atoms with Crippen LogP contribution < -0.4 is 10.5 Å². The van der Waals surface area contributed by atoms with Crippen LogP contribution in [0.15, 0.2) is 24.3 Å². The second-order valence-electron chi connectivity index (χ2n) is 4.71. The Kier molecular flexibility index (Phi) is 4.59. The maximum absolute atomic E-state index is 7.19. The normalized spacial score (nSPS) is 15.6. The Bertz CT molecular complexity index is 406. The van der Waals surface area contributed by atoms with Crippen LogP contribution in [0.4, 0.5) is 0 Å². The lowest BCUT2D eigenvalue weighted by molar-refractivity contribution is 0.223. The van der Waals surface area contributed by atoms with Crippen molar-refractivity contribution in [2.45, 2.75) is 25.8 Å². The quantitative estimate of drug-likeness (QED) is 0.475. The van der Waals surface area contributed by atoms with Gasteiger partial charge in [0.1, 0.15) is 12.4 Å². The summed E-state index contributed by atoms with van der Waals surface area (Å²) in [5.41, 5.74) is 6.61. The van der Waals surface area contributed by atoms with Gasteiger partial charge < -0.3 is 10.5 Å². The molecule has 0 unspecified atom stereocenters. The van der Waals surface area contributed by atoms with Gasteiger partial charge in [-0.3, -0.25) is 10.3 Å². The van der Waals surface area contributed by atoms with Gasteiger partial charge in [0.25, 0.3) is 0 Å². The van der Waals surface area contributed by atoms with Crippen LogP contribution in [0.2, 0.25) is 0 Å². The van der Waals surface area contributed by atoms with Gasteiger partial charge in [0.15, 0.2) is 0 Å². The number of rotatable bonds is 5. The maximum Gasteiger partial charge on any atom is 0.123 e. The number of hydrogen-bond acceptors (Lipinski definition) is 3. The van der Waals surface area contributed by atoms with Crippen LogP contribution in [-0.4, -0.2) is 30.4 Å². The van der Waals surface area contributed by atoms with Crippen LogP contribution in [0.25, 0.3) is 0 Å². The van der Waals surface area contributed by atoms with Crippen LogP contribution in [0.5, 0.6) is 5.75 Å². The number of unbranched alkanes of at least 4 members (excludes halogenated alkanes) is 1. The van der Waals surface area contributed by atoms with Crippen molar-refractivity contribution in [1.82, 2.24) is 4.90 Å². The minimum atomic E-state index is 0.291. The summed E-state index contributed by atoms with van der Waals surface area (Å²) in [5, 5.41) is 7.19. The average Bonchev–Trinajstić information content (AvgIpc) is 2.56. The van der Waals surface area contributed by atoms with E-state index in [1.165, 1.54) is 5.56 Å². The maximum atomic E-state index is 7.19. The fourth-order valence-electron chi connectivity index (χ4n) is 2.22. The number of ether oxygens (including phenoxy) is 1. The summed E-state index contributed by atoms with van der Waals surface area (Å²) >= 11 is 0. The summed E-state index contributed by atoms with van der Waals surface area (Å²) in [7, 11) is 0.